The van der Waals surface area contributed by atoms with Crippen LogP contribution >= 0.6 is 0 Å². The number of nitrogens with one attached hydrogen (secondary N) is 1. The largest absolute Gasteiger partial charge is 0.330 e. The Bertz CT molecular complexity index is 489. The summed E-state index contributed by atoms with van der Waals surface area (Å²) >= 11 is 0. The Morgan fingerprint density at radius 2 is 1.71 bits per heavy atom. The van der Waals surface area contributed by atoms with Crippen molar-refractivity contribution >= 4 is 11.5 Å². The molecule has 1 N–H and O–H groups in total. The number of carbonyl (C=O) groups is 1. The molecule has 0 fully saturated rings. The molecule has 0 aromatic heterocycles. The molecule has 1 aromatic carbocycles. The topological polar surface area (TPSA) is 29.1 Å². The second kappa shape index (κ2) is 4.36. The van der Waals surface area contributed by atoms with Crippen LogP contribution in [0.3, 0.4) is 0 Å². The van der Waals surface area contributed by atoms with E-state index in [2.05, 4.69) is 38.2 Å². The normalized spacial score (nSPS) is 14.6. The fourth-order valence-corrected chi connectivity index (χ4v) is 2.66. The predicted molar refractivity (Wildman–Crippen MR) is 70.6 cm³/mol. The molecule has 0 saturated heterocycles. The summed E-state index contributed by atoms with van der Waals surface area (Å²) in [7, 11) is 0. The number of rotatable bonds is 2. The molecule has 0 atom stereocenters. The predicted octanol–water partition coefficient (Wildman–Crippen LogP) is 3.25. The van der Waals surface area contributed by atoms with Gasteiger partial charge in [0.05, 0.1) is 0 Å². The molecule has 17 heavy (non-hydrogen) atoms. The Balaban J connectivity index is 2.45. The number of benzene rings is 1. The second-order valence-corrected chi connectivity index (χ2v) is 4.91. The lowest BCUT2D eigenvalue weighted by Gasteiger charge is -2.27. The standard InChI is InChI=1S/C15H19NO/c1-9-7-10(2)15(11(3)8-9)13-5-6-14(13)16-12(4)17/h7-8H,5-6H2,1-4H3,(H,16,17). The molecule has 90 valence electrons. The molecule has 1 aliphatic rings. The maximum Gasteiger partial charge on any atom is 0.221 e. The van der Waals surface area contributed by atoms with E-state index in [1.165, 1.54) is 27.8 Å². The lowest BCUT2D eigenvalue weighted by atomic mass is 9.83. The number of hydrogen-bond acceptors (Lipinski definition) is 1. The van der Waals surface area contributed by atoms with Crippen LogP contribution in [-0.4, -0.2) is 5.91 Å². The van der Waals surface area contributed by atoms with E-state index >= 15 is 0 Å². The first kappa shape index (κ1) is 11.9. The van der Waals surface area contributed by atoms with Gasteiger partial charge in [-0.1, -0.05) is 17.7 Å². The van der Waals surface area contributed by atoms with Crippen molar-refractivity contribution in [1.29, 1.82) is 0 Å². The van der Waals surface area contributed by atoms with Crippen LogP contribution in [0.25, 0.3) is 5.57 Å². The van der Waals surface area contributed by atoms with Crippen LogP contribution < -0.4 is 5.32 Å². The molecule has 0 unspecified atom stereocenters. The summed E-state index contributed by atoms with van der Waals surface area (Å²) < 4.78 is 0. The van der Waals surface area contributed by atoms with E-state index < -0.39 is 0 Å². The van der Waals surface area contributed by atoms with E-state index in [1.54, 1.807) is 6.92 Å². The molecule has 0 heterocycles. The average Bonchev–Trinajstić information content (AvgIpc) is 2.18. The van der Waals surface area contributed by atoms with Crippen molar-refractivity contribution in [1.82, 2.24) is 5.32 Å². The fourth-order valence-electron chi connectivity index (χ4n) is 2.66. The van der Waals surface area contributed by atoms with Gasteiger partial charge in [0.2, 0.25) is 5.91 Å². The third kappa shape index (κ3) is 2.26. The molecule has 0 saturated carbocycles. The van der Waals surface area contributed by atoms with Crippen molar-refractivity contribution < 1.29 is 4.79 Å². The van der Waals surface area contributed by atoms with Crippen LogP contribution in [0.1, 0.15) is 42.0 Å². The van der Waals surface area contributed by atoms with Gasteiger partial charge >= 0.3 is 0 Å². The van der Waals surface area contributed by atoms with Crippen molar-refractivity contribution in [3.8, 4) is 0 Å². The number of aryl methyl sites for hydroxylation is 3. The van der Waals surface area contributed by atoms with Gasteiger partial charge in [0.25, 0.3) is 0 Å². The summed E-state index contributed by atoms with van der Waals surface area (Å²) in [6.45, 7) is 7.98. The summed E-state index contributed by atoms with van der Waals surface area (Å²) in [4.78, 5) is 11.1. The van der Waals surface area contributed by atoms with Crippen molar-refractivity contribution in [2.24, 2.45) is 0 Å². The van der Waals surface area contributed by atoms with E-state index in [9.17, 15) is 4.79 Å². The maximum absolute atomic E-state index is 11.1. The molecule has 1 amide bonds. The Morgan fingerprint density at radius 3 is 2.12 bits per heavy atom. The fraction of sp³-hybridized carbons (Fsp3) is 0.400. The van der Waals surface area contributed by atoms with Crippen LogP contribution in [0.15, 0.2) is 17.8 Å². The van der Waals surface area contributed by atoms with E-state index in [4.69, 9.17) is 0 Å². The minimum atomic E-state index is 0.0274. The summed E-state index contributed by atoms with van der Waals surface area (Å²) in [5.41, 5.74) is 7.65. The lowest BCUT2D eigenvalue weighted by molar-refractivity contribution is -0.118. The Hall–Kier alpha value is -1.57. The first-order valence-electron chi connectivity index (χ1n) is 6.07. The third-order valence-electron chi connectivity index (χ3n) is 3.30. The first-order valence-corrected chi connectivity index (χ1v) is 6.07. The highest BCUT2D eigenvalue weighted by Crippen LogP contribution is 2.38. The number of carbonyl (C=O) groups excluding carboxylic acids is 1. The third-order valence-corrected chi connectivity index (χ3v) is 3.30. The second-order valence-electron chi connectivity index (χ2n) is 4.91. The summed E-state index contributed by atoms with van der Waals surface area (Å²) in [6.07, 6.45) is 2.06. The molecule has 2 heteroatoms. The van der Waals surface area contributed by atoms with Crippen molar-refractivity contribution in [2.45, 2.75) is 40.5 Å². The van der Waals surface area contributed by atoms with E-state index in [0.29, 0.717) is 0 Å². The van der Waals surface area contributed by atoms with Gasteiger partial charge in [-0.3, -0.25) is 4.79 Å². The van der Waals surface area contributed by atoms with Gasteiger partial charge in [0.1, 0.15) is 0 Å². The average molecular weight is 229 g/mol. The zero-order chi connectivity index (χ0) is 12.6. The van der Waals surface area contributed by atoms with Crippen molar-refractivity contribution in [3.05, 3.63) is 40.1 Å². The molecule has 0 spiro atoms. The van der Waals surface area contributed by atoms with Gasteiger partial charge in [0, 0.05) is 12.6 Å². The molecule has 1 aromatic rings. The maximum atomic E-state index is 11.1. The number of amides is 1. The molecule has 0 bridgehead atoms. The first-order chi connectivity index (χ1) is 7.99. The monoisotopic (exact) mass is 229 g/mol. The Morgan fingerprint density at radius 1 is 1.12 bits per heavy atom. The minimum absolute atomic E-state index is 0.0274. The van der Waals surface area contributed by atoms with Crippen LogP contribution in [0.4, 0.5) is 0 Å². The molecule has 0 aliphatic heterocycles. The van der Waals surface area contributed by atoms with Gasteiger partial charge in [0.15, 0.2) is 0 Å². The van der Waals surface area contributed by atoms with Crippen LogP contribution in [0, 0.1) is 20.8 Å². The van der Waals surface area contributed by atoms with Gasteiger partial charge in [-0.05, 0) is 55.9 Å². The summed E-state index contributed by atoms with van der Waals surface area (Å²) in [5, 5.41) is 2.94. The highest BCUT2D eigenvalue weighted by molar-refractivity contribution is 5.83. The molecule has 2 nitrogen and oxygen atoms in total. The highest BCUT2D eigenvalue weighted by Gasteiger charge is 2.22. The Labute approximate surface area is 103 Å². The van der Waals surface area contributed by atoms with Gasteiger partial charge in [-0.25, -0.2) is 0 Å². The molecular formula is C15H19NO. The zero-order valence-corrected chi connectivity index (χ0v) is 11.0. The Kier molecular flexibility index (Phi) is 3.05. The molecule has 1 aliphatic carbocycles. The number of allylic oxidation sites excluding steroid dienone is 2. The van der Waals surface area contributed by atoms with Crippen molar-refractivity contribution in [3.63, 3.8) is 0 Å². The quantitative estimate of drug-likeness (QED) is 0.828. The molecular weight excluding hydrogens is 210 g/mol. The van der Waals surface area contributed by atoms with Crippen LogP contribution in [-0.2, 0) is 4.79 Å². The lowest BCUT2D eigenvalue weighted by Crippen LogP contribution is -2.25. The van der Waals surface area contributed by atoms with E-state index in [1.807, 2.05) is 0 Å². The summed E-state index contributed by atoms with van der Waals surface area (Å²) in [6, 6.07) is 4.41. The SMILES string of the molecule is CC(=O)NC1=C(c2c(C)cc(C)cc2C)CC1. The summed E-state index contributed by atoms with van der Waals surface area (Å²) in [5.74, 6) is 0.0274. The van der Waals surface area contributed by atoms with E-state index in [-0.39, 0.29) is 5.91 Å². The smallest absolute Gasteiger partial charge is 0.221 e. The minimum Gasteiger partial charge on any atom is -0.330 e. The van der Waals surface area contributed by atoms with Crippen LogP contribution in [0.2, 0.25) is 0 Å². The van der Waals surface area contributed by atoms with Gasteiger partial charge in [-0.2, -0.15) is 0 Å². The zero-order valence-electron chi connectivity index (χ0n) is 11.0. The van der Waals surface area contributed by atoms with Crippen molar-refractivity contribution in [2.75, 3.05) is 0 Å². The number of hydrogen-bond donors (Lipinski definition) is 1. The van der Waals surface area contributed by atoms with E-state index in [0.717, 1.165) is 18.5 Å². The van der Waals surface area contributed by atoms with Gasteiger partial charge in [-0.15, -0.1) is 0 Å². The molecule has 0 radical (unpaired) electrons. The van der Waals surface area contributed by atoms with Gasteiger partial charge < -0.3 is 5.32 Å². The molecule has 2 rings (SSSR count). The van der Waals surface area contributed by atoms with Crippen LogP contribution in [0.5, 0.6) is 0 Å². The highest BCUT2D eigenvalue weighted by atomic mass is 16.1.